The molecule has 1 heterocycles. The maximum Gasteiger partial charge on any atom is 0.320 e. The Morgan fingerprint density at radius 1 is 0.967 bits per heavy atom. The van der Waals surface area contributed by atoms with Gasteiger partial charge in [0.25, 0.3) is 0 Å². The van der Waals surface area contributed by atoms with Gasteiger partial charge < -0.3 is 15.2 Å². The van der Waals surface area contributed by atoms with Gasteiger partial charge in [0, 0.05) is 29.8 Å². The predicted molar refractivity (Wildman–Crippen MR) is 115 cm³/mol. The zero-order valence-electron chi connectivity index (χ0n) is 16.6. The van der Waals surface area contributed by atoms with Crippen LogP contribution in [-0.4, -0.2) is 17.1 Å². The van der Waals surface area contributed by atoms with E-state index in [9.17, 15) is 9.59 Å². The number of rotatable bonds is 6. The van der Waals surface area contributed by atoms with Crippen LogP contribution in [0.3, 0.4) is 0 Å². The topological polar surface area (TPSA) is 96.3 Å². The van der Waals surface area contributed by atoms with Gasteiger partial charge in [-0.15, -0.1) is 0 Å². The first kappa shape index (κ1) is 19.7. The number of urea groups is 1. The van der Waals surface area contributed by atoms with E-state index in [0.29, 0.717) is 18.1 Å². The molecule has 0 spiro atoms. The molecule has 3 amide bonds. The lowest BCUT2D eigenvalue weighted by atomic mass is 10.1. The van der Waals surface area contributed by atoms with Gasteiger partial charge in [-0.05, 0) is 30.5 Å². The minimum atomic E-state index is -0.386. The molecule has 0 saturated heterocycles. The van der Waals surface area contributed by atoms with Crippen LogP contribution in [0.1, 0.15) is 31.2 Å². The standard InChI is InChI=1S/C23H24N4O3/c28-22(18-10-4-5-11-18)25-19-12-6-7-16(13-19)15-24-23(29)26-21-14-20(30-27-21)17-8-2-1-3-9-17/h1-3,6-9,12-14,18H,4-5,10-11,15H2,(H,25,28)(H2,24,26,27,29). The predicted octanol–water partition coefficient (Wildman–Crippen LogP) is 4.79. The molecule has 0 unspecified atom stereocenters. The molecule has 3 aromatic rings. The van der Waals surface area contributed by atoms with Crippen LogP contribution in [0.25, 0.3) is 11.3 Å². The SMILES string of the molecule is O=C(NCc1cccc(NC(=O)C2CCCC2)c1)Nc1cc(-c2ccccc2)on1. The van der Waals surface area contributed by atoms with Crippen molar-refractivity contribution in [3.05, 3.63) is 66.2 Å². The molecule has 4 rings (SSSR count). The van der Waals surface area contributed by atoms with Crippen molar-refractivity contribution in [2.75, 3.05) is 10.6 Å². The number of anilines is 2. The number of carbonyl (C=O) groups excluding carboxylic acids is 2. The third kappa shape index (κ3) is 5.05. The van der Waals surface area contributed by atoms with E-state index in [0.717, 1.165) is 42.5 Å². The second-order valence-corrected chi connectivity index (χ2v) is 7.42. The maximum absolute atomic E-state index is 12.3. The second-order valence-electron chi connectivity index (χ2n) is 7.42. The molecule has 3 N–H and O–H groups in total. The number of nitrogens with one attached hydrogen (secondary N) is 3. The smallest absolute Gasteiger partial charge is 0.320 e. The number of hydrogen-bond donors (Lipinski definition) is 3. The lowest BCUT2D eigenvalue weighted by molar-refractivity contribution is -0.119. The van der Waals surface area contributed by atoms with E-state index in [-0.39, 0.29) is 17.9 Å². The highest BCUT2D eigenvalue weighted by Crippen LogP contribution is 2.26. The molecule has 2 aromatic carbocycles. The quantitative estimate of drug-likeness (QED) is 0.550. The van der Waals surface area contributed by atoms with Gasteiger partial charge in [0.2, 0.25) is 5.91 Å². The number of amides is 3. The summed E-state index contributed by atoms with van der Waals surface area (Å²) in [5.74, 6) is 1.11. The van der Waals surface area contributed by atoms with E-state index in [1.165, 1.54) is 0 Å². The highest BCUT2D eigenvalue weighted by molar-refractivity contribution is 5.92. The van der Waals surface area contributed by atoms with Crippen molar-refractivity contribution in [2.45, 2.75) is 32.2 Å². The Balaban J connectivity index is 1.29. The largest absolute Gasteiger partial charge is 0.354 e. The third-order valence-corrected chi connectivity index (χ3v) is 5.18. The Hall–Kier alpha value is -3.61. The van der Waals surface area contributed by atoms with Gasteiger partial charge in [0.15, 0.2) is 11.6 Å². The van der Waals surface area contributed by atoms with Crippen LogP contribution in [0.15, 0.2) is 65.2 Å². The number of aromatic nitrogens is 1. The van der Waals surface area contributed by atoms with E-state index in [4.69, 9.17) is 4.52 Å². The summed E-state index contributed by atoms with van der Waals surface area (Å²) < 4.78 is 5.28. The van der Waals surface area contributed by atoms with E-state index in [2.05, 4.69) is 21.1 Å². The van der Waals surface area contributed by atoms with Crippen LogP contribution in [0.5, 0.6) is 0 Å². The molecule has 0 atom stereocenters. The summed E-state index contributed by atoms with van der Waals surface area (Å²) in [6, 6.07) is 18.3. The van der Waals surface area contributed by atoms with Gasteiger partial charge in [0.05, 0.1) is 0 Å². The molecule has 1 fully saturated rings. The summed E-state index contributed by atoms with van der Waals surface area (Å²) in [7, 11) is 0. The minimum Gasteiger partial charge on any atom is -0.354 e. The van der Waals surface area contributed by atoms with Gasteiger partial charge in [-0.3, -0.25) is 10.1 Å². The maximum atomic E-state index is 12.3. The van der Waals surface area contributed by atoms with E-state index in [1.807, 2.05) is 54.6 Å². The van der Waals surface area contributed by atoms with Crippen molar-refractivity contribution in [2.24, 2.45) is 5.92 Å². The molecule has 0 radical (unpaired) electrons. The Morgan fingerprint density at radius 2 is 1.77 bits per heavy atom. The molecular weight excluding hydrogens is 380 g/mol. The summed E-state index contributed by atoms with van der Waals surface area (Å²) in [5.41, 5.74) is 2.52. The molecule has 1 aromatic heterocycles. The Kier molecular flexibility index (Phi) is 6.08. The molecule has 0 bridgehead atoms. The third-order valence-electron chi connectivity index (χ3n) is 5.18. The lowest BCUT2D eigenvalue weighted by Crippen LogP contribution is -2.28. The first-order valence-corrected chi connectivity index (χ1v) is 10.1. The molecule has 0 aliphatic heterocycles. The van der Waals surface area contributed by atoms with Crippen LogP contribution in [0, 0.1) is 5.92 Å². The van der Waals surface area contributed by atoms with Crippen LogP contribution >= 0.6 is 0 Å². The summed E-state index contributed by atoms with van der Waals surface area (Å²) in [6.45, 7) is 0.322. The highest BCUT2D eigenvalue weighted by atomic mass is 16.5. The molecule has 30 heavy (non-hydrogen) atoms. The zero-order valence-corrected chi connectivity index (χ0v) is 16.6. The zero-order chi connectivity index (χ0) is 20.8. The Morgan fingerprint density at radius 3 is 2.57 bits per heavy atom. The van der Waals surface area contributed by atoms with Crippen molar-refractivity contribution in [3.8, 4) is 11.3 Å². The lowest BCUT2D eigenvalue weighted by Gasteiger charge is -2.12. The fourth-order valence-corrected chi connectivity index (χ4v) is 3.61. The average molecular weight is 404 g/mol. The molecular formula is C23H24N4O3. The van der Waals surface area contributed by atoms with Crippen molar-refractivity contribution < 1.29 is 14.1 Å². The number of hydrogen-bond acceptors (Lipinski definition) is 4. The fourth-order valence-electron chi connectivity index (χ4n) is 3.61. The number of benzene rings is 2. The normalized spacial score (nSPS) is 13.7. The molecule has 7 heteroatoms. The van der Waals surface area contributed by atoms with Crippen molar-refractivity contribution in [3.63, 3.8) is 0 Å². The molecule has 1 aliphatic carbocycles. The monoisotopic (exact) mass is 404 g/mol. The fraction of sp³-hybridized carbons (Fsp3) is 0.261. The van der Waals surface area contributed by atoms with Crippen LogP contribution in [0.2, 0.25) is 0 Å². The summed E-state index contributed by atoms with van der Waals surface area (Å²) >= 11 is 0. The number of carbonyl (C=O) groups is 2. The molecule has 1 aliphatic rings. The molecule has 7 nitrogen and oxygen atoms in total. The Bertz CT molecular complexity index is 1010. The van der Waals surface area contributed by atoms with Crippen LogP contribution < -0.4 is 16.0 Å². The summed E-state index contributed by atoms with van der Waals surface area (Å²) in [4.78, 5) is 24.5. The molecule has 1 saturated carbocycles. The van der Waals surface area contributed by atoms with Crippen molar-refractivity contribution in [1.29, 1.82) is 0 Å². The summed E-state index contributed by atoms with van der Waals surface area (Å²) in [6.07, 6.45) is 4.16. The minimum absolute atomic E-state index is 0.0793. The highest BCUT2D eigenvalue weighted by Gasteiger charge is 2.22. The van der Waals surface area contributed by atoms with E-state index in [1.54, 1.807) is 6.07 Å². The first-order chi connectivity index (χ1) is 14.7. The van der Waals surface area contributed by atoms with Gasteiger partial charge in [-0.2, -0.15) is 0 Å². The Labute approximate surface area is 174 Å². The summed E-state index contributed by atoms with van der Waals surface area (Å²) in [5, 5.41) is 12.3. The van der Waals surface area contributed by atoms with E-state index >= 15 is 0 Å². The van der Waals surface area contributed by atoms with Gasteiger partial charge >= 0.3 is 6.03 Å². The molecule has 154 valence electrons. The average Bonchev–Trinajstić information content (AvgIpc) is 3.46. The van der Waals surface area contributed by atoms with Gasteiger partial charge in [-0.1, -0.05) is 60.5 Å². The van der Waals surface area contributed by atoms with Crippen LogP contribution in [0.4, 0.5) is 16.3 Å². The number of nitrogens with zero attached hydrogens (tertiary/aromatic N) is 1. The van der Waals surface area contributed by atoms with Crippen molar-refractivity contribution >= 4 is 23.4 Å². The first-order valence-electron chi connectivity index (χ1n) is 10.1. The van der Waals surface area contributed by atoms with Gasteiger partial charge in [-0.25, -0.2) is 4.79 Å². The van der Waals surface area contributed by atoms with Crippen molar-refractivity contribution in [1.82, 2.24) is 10.5 Å². The van der Waals surface area contributed by atoms with E-state index < -0.39 is 0 Å². The van der Waals surface area contributed by atoms with Crippen LogP contribution in [-0.2, 0) is 11.3 Å². The second kappa shape index (κ2) is 9.26. The van der Waals surface area contributed by atoms with Gasteiger partial charge in [0.1, 0.15) is 0 Å².